The fraction of sp³-hybridized carbons (Fsp3) is 0.429. The van der Waals surface area contributed by atoms with Crippen LogP contribution >= 0.6 is 11.6 Å². The Morgan fingerprint density at radius 2 is 1.95 bits per heavy atom. The molecule has 1 heterocycles. The van der Waals surface area contributed by atoms with Gasteiger partial charge < -0.3 is 15.5 Å². The molecule has 0 unspecified atom stereocenters. The van der Waals surface area contributed by atoms with Crippen LogP contribution in [-0.4, -0.2) is 42.9 Å². The first-order chi connectivity index (χ1) is 10.1. The van der Waals surface area contributed by atoms with Crippen molar-refractivity contribution < 1.29 is 14.0 Å². The summed E-state index contributed by atoms with van der Waals surface area (Å²) in [7, 11) is 0. The molecule has 21 heavy (non-hydrogen) atoms. The molecule has 1 aromatic carbocycles. The van der Waals surface area contributed by atoms with Crippen LogP contribution in [0.25, 0.3) is 0 Å². The third kappa shape index (κ3) is 4.60. The number of amides is 2. The molecule has 0 aromatic heterocycles. The van der Waals surface area contributed by atoms with Crippen LogP contribution in [0.2, 0.25) is 5.02 Å². The van der Waals surface area contributed by atoms with E-state index in [1.54, 1.807) is 4.90 Å². The summed E-state index contributed by atoms with van der Waals surface area (Å²) in [5, 5.41) is 5.36. The summed E-state index contributed by atoms with van der Waals surface area (Å²) in [6.07, 6.45) is 2.04. The number of carbonyl (C=O) groups is 2. The van der Waals surface area contributed by atoms with Gasteiger partial charge in [0.05, 0.1) is 18.1 Å². The van der Waals surface area contributed by atoms with E-state index >= 15 is 0 Å². The highest BCUT2D eigenvalue weighted by Crippen LogP contribution is 2.18. The molecule has 2 amide bonds. The van der Waals surface area contributed by atoms with Crippen molar-refractivity contribution in [3.05, 3.63) is 29.0 Å². The Morgan fingerprint density at radius 1 is 1.24 bits per heavy atom. The minimum absolute atomic E-state index is 0.00465. The topological polar surface area (TPSA) is 61.4 Å². The summed E-state index contributed by atoms with van der Waals surface area (Å²) in [6, 6.07) is 4.11. The maximum atomic E-state index is 13.0. The second-order valence-corrected chi connectivity index (χ2v) is 5.25. The number of halogens is 2. The first kappa shape index (κ1) is 15.6. The Hall–Kier alpha value is -1.82. The molecule has 0 aliphatic carbocycles. The highest BCUT2D eigenvalue weighted by molar-refractivity contribution is 6.31. The predicted molar refractivity (Wildman–Crippen MR) is 78.7 cm³/mol. The number of rotatable bonds is 5. The van der Waals surface area contributed by atoms with Gasteiger partial charge in [0.1, 0.15) is 5.82 Å². The van der Waals surface area contributed by atoms with Gasteiger partial charge in [-0.1, -0.05) is 11.6 Å². The van der Waals surface area contributed by atoms with Gasteiger partial charge in [-0.3, -0.25) is 9.59 Å². The Bertz CT molecular complexity index is 533. The summed E-state index contributed by atoms with van der Waals surface area (Å²) in [5.41, 5.74) is 0.544. The summed E-state index contributed by atoms with van der Waals surface area (Å²) in [5.74, 6) is -0.878. The van der Waals surface area contributed by atoms with Crippen molar-refractivity contribution >= 4 is 29.1 Å². The summed E-state index contributed by atoms with van der Waals surface area (Å²) < 4.78 is 13.0. The molecule has 2 N–H and O–H groups in total. The molecule has 5 nitrogen and oxygen atoms in total. The fourth-order valence-corrected chi connectivity index (χ4v) is 2.28. The molecule has 7 heteroatoms. The number of anilines is 1. The molecule has 1 aliphatic rings. The molecule has 1 aromatic rings. The van der Waals surface area contributed by atoms with E-state index in [9.17, 15) is 14.0 Å². The maximum absolute atomic E-state index is 13.0. The van der Waals surface area contributed by atoms with Crippen LogP contribution in [0.1, 0.15) is 12.8 Å². The normalized spacial score (nSPS) is 14.1. The SMILES string of the molecule is O=C(CNc1ccc(F)c(Cl)c1)NCC(=O)N1CCCC1. The molecule has 114 valence electrons. The van der Waals surface area contributed by atoms with E-state index in [1.807, 2.05) is 0 Å². The zero-order chi connectivity index (χ0) is 15.2. The molecule has 0 atom stereocenters. The van der Waals surface area contributed by atoms with Crippen LogP contribution in [0.5, 0.6) is 0 Å². The lowest BCUT2D eigenvalue weighted by Gasteiger charge is -2.15. The van der Waals surface area contributed by atoms with Crippen molar-refractivity contribution in [2.45, 2.75) is 12.8 Å². The van der Waals surface area contributed by atoms with Crippen LogP contribution in [0, 0.1) is 5.82 Å². The average Bonchev–Trinajstić information content (AvgIpc) is 3.00. The van der Waals surface area contributed by atoms with Crippen LogP contribution in [0.15, 0.2) is 18.2 Å². The number of nitrogens with one attached hydrogen (secondary N) is 2. The van der Waals surface area contributed by atoms with E-state index in [0.29, 0.717) is 5.69 Å². The van der Waals surface area contributed by atoms with Gasteiger partial charge in [0.2, 0.25) is 11.8 Å². The third-order valence-corrected chi connectivity index (χ3v) is 3.56. The van der Waals surface area contributed by atoms with Gasteiger partial charge in [-0.25, -0.2) is 4.39 Å². The van der Waals surface area contributed by atoms with Gasteiger partial charge >= 0.3 is 0 Å². The smallest absolute Gasteiger partial charge is 0.241 e. The van der Waals surface area contributed by atoms with E-state index in [1.165, 1.54) is 18.2 Å². The number of hydrogen-bond donors (Lipinski definition) is 2. The van der Waals surface area contributed by atoms with Crippen LogP contribution in [0.3, 0.4) is 0 Å². The standard InChI is InChI=1S/C14H17ClFN3O2/c15-11-7-10(3-4-12(11)16)17-8-13(20)18-9-14(21)19-5-1-2-6-19/h3-4,7,17H,1-2,5-6,8-9H2,(H,18,20). The molecule has 0 radical (unpaired) electrons. The van der Waals surface area contributed by atoms with E-state index in [4.69, 9.17) is 11.6 Å². The Kier molecular flexibility index (Phi) is 5.38. The zero-order valence-electron chi connectivity index (χ0n) is 11.5. The minimum Gasteiger partial charge on any atom is -0.376 e. The van der Waals surface area contributed by atoms with E-state index in [-0.39, 0.29) is 29.9 Å². The fourth-order valence-electron chi connectivity index (χ4n) is 2.10. The summed E-state index contributed by atoms with van der Waals surface area (Å²) in [4.78, 5) is 25.1. The van der Waals surface area contributed by atoms with Crippen molar-refractivity contribution in [3.63, 3.8) is 0 Å². The van der Waals surface area contributed by atoms with Crippen LogP contribution in [-0.2, 0) is 9.59 Å². The van der Waals surface area contributed by atoms with Crippen molar-refractivity contribution in [2.75, 3.05) is 31.5 Å². The van der Waals surface area contributed by atoms with E-state index in [2.05, 4.69) is 10.6 Å². The highest BCUT2D eigenvalue weighted by Gasteiger charge is 2.17. The number of carbonyl (C=O) groups excluding carboxylic acids is 2. The lowest BCUT2D eigenvalue weighted by atomic mass is 10.3. The van der Waals surface area contributed by atoms with Gasteiger partial charge in [-0.2, -0.15) is 0 Å². The van der Waals surface area contributed by atoms with E-state index < -0.39 is 5.82 Å². The average molecular weight is 314 g/mol. The van der Waals surface area contributed by atoms with Gasteiger partial charge in [0.15, 0.2) is 0 Å². The third-order valence-electron chi connectivity index (χ3n) is 3.27. The van der Waals surface area contributed by atoms with Crippen LogP contribution < -0.4 is 10.6 Å². The van der Waals surface area contributed by atoms with Crippen molar-refractivity contribution in [2.24, 2.45) is 0 Å². The number of nitrogens with zero attached hydrogens (tertiary/aromatic N) is 1. The lowest BCUT2D eigenvalue weighted by Crippen LogP contribution is -2.40. The van der Waals surface area contributed by atoms with Crippen molar-refractivity contribution in [1.29, 1.82) is 0 Å². The Balaban J connectivity index is 1.71. The molecule has 2 rings (SSSR count). The van der Waals surface area contributed by atoms with Gasteiger partial charge in [-0.15, -0.1) is 0 Å². The minimum atomic E-state index is -0.511. The largest absolute Gasteiger partial charge is 0.376 e. The molecular weight excluding hydrogens is 297 g/mol. The molecule has 1 aliphatic heterocycles. The summed E-state index contributed by atoms with van der Waals surface area (Å²) in [6.45, 7) is 1.53. The highest BCUT2D eigenvalue weighted by atomic mass is 35.5. The molecule has 0 saturated carbocycles. The van der Waals surface area contributed by atoms with Gasteiger partial charge in [0, 0.05) is 18.8 Å². The molecule has 1 saturated heterocycles. The predicted octanol–water partition coefficient (Wildman–Crippen LogP) is 1.63. The molecule has 0 bridgehead atoms. The second-order valence-electron chi connectivity index (χ2n) is 4.85. The molecule has 1 fully saturated rings. The second kappa shape index (κ2) is 7.26. The maximum Gasteiger partial charge on any atom is 0.241 e. The van der Waals surface area contributed by atoms with Gasteiger partial charge in [0.25, 0.3) is 0 Å². The first-order valence-electron chi connectivity index (χ1n) is 6.79. The Labute approximate surface area is 127 Å². The first-order valence-corrected chi connectivity index (χ1v) is 7.17. The zero-order valence-corrected chi connectivity index (χ0v) is 12.3. The van der Waals surface area contributed by atoms with E-state index in [0.717, 1.165) is 25.9 Å². The quantitative estimate of drug-likeness (QED) is 0.868. The monoisotopic (exact) mass is 313 g/mol. The van der Waals surface area contributed by atoms with Crippen molar-refractivity contribution in [1.82, 2.24) is 10.2 Å². The molecule has 0 spiro atoms. The van der Waals surface area contributed by atoms with Crippen LogP contribution in [0.4, 0.5) is 10.1 Å². The number of hydrogen-bond acceptors (Lipinski definition) is 3. The summed E-state index contributed by atoms with van der Waals surface area (Å²) >= 11 is 5.64. The number of likely N-dealkylation sites (tertiary alicyclic amines) is 1. The number of benzene rings is 1. The lowest BCUT2D eigenvalue weighted by molar-refractivity contribution is -0.131. The van der Waals surface area contributed by atoms with Crippen molar-refractivity contribution in [3.8, 4) is 0 Å². The Morgan fingerprint density at radius 3 is 2.62 bits per heavy atom. The molecular formula is C14H17ClFN3O2. The van der Waals surface area contributed by atoms with Gasteiger partial charge in [-0.05, 0) is 31.0 Å².